The molecule has 0 aliphatic carbocycles. The normalized spacial score (nSPS) is 16.8. The Morgan fingerprint density at radius 3 is 2.71 bits per heavy atom. The number of hydrogen-bond acceptors (Lipinski definition) is 2. The molecule has 1 fully saturated rings. The van der Waals surface area contributed by atoms with E-state index < -0.39 is 0 Å². The Morgan fingerprint density at radius 1 is 1.29 bits per heavy atom. The van der Waals surface area contributed by atoms with Crippen LogP contribution in [0, 0.1) is 0 Å². The number of ether oxygens (including phenoxy) is 1. The Balaban J connectivity index is 2.05. The Hall–Kier alpha value is -0.390. The fourth-order valence-corrected chi connectivity index (χ4v) is 2.56. The summed E-state index contributed by atoms with van der Waals surface area (Å²) in [5, 5.41) is 3.03. The van der Waals surface area contributed by atoms with E-state index in [0.29, 0.717) is 5.56 Å². The molecule has 1 aliphatic rings. The van der Waals surface area contributed by atoms with Crippen LogP contribution in [0.25, 0.3) is 0 Å². The van der Waals surface area contributed by atoms with Gasteiger partial charge in [-0.05, 0) is 47.0 Å². The lowest BCUT2D eigenvalue weighted by Gasteiger charge is -2.23. The number of halogens is 2. The summed E-state index contributed by atoms with van der Waals surface area (Å²) in [4.78, 5) is 12.1. The topological polar surface area (TPSA) is 38.3 Å². The van der Waals surface area contributed by atoms with Gasteiger partial charge in [-0.1, -0.05) is 15.9 Å². The molecule has 1 saturated heterocycles. The zero-order valence-corrected chi connectivity index (χ0v) is 12.4. The zero-order chi connectivity index (χ0) is 12.3. The molecule has 0 spiro atoms. The van der Waals surface area contributed by atoms with Crippen LogP contribution >= 0.6 is 31.9 Å². The molecule has 0 bridgehead atoms. The van der Waals surface area contributed by atoms with Crippen LogP contribution in [0.15, 0.2) is 27.1 Å². The van der Waals surface area contributed by atoms with Crippen molar-refractivity contribution in [2.45, 2.75) is 18.9 Å². The van der Waals surface area contributed by atoms with Gasteiger partial charge < -0.3 is 10.1 Å². The molecule has 1 N–H and O–H groups in total. The Bertz CT molecular complexity index is 417. The van der Waals surface area contributed by atoms with Crippen LogP contribution in [0.4, 0.5) is 0 Å². The average Bonchev–Trinajstić information content (AvgIpc) is 2.33. The molecule has 1 aromatic carbocycles. The van der Waals surface area contributed by atoms with Crippen LogP contribution in [0.5, 0.6) is 0 Å². The van der Waals surface area contributed by atoms with Gasteiger partial charge in [0.2, 0.25) is 0 Å². The molecule has 5 heteroatoms. The SMILES string of the molecule is O=C(NC1CCOCC1)c1cc(Br)ccc1Br. The quantitative estimate of drug-likeness (QED) is 0.877. The van der Waals surface area contributed by atoms with Gasteiger partial charge in [-0.3, -0.25) is 4.79 Å². The van der Waals surface area contributed by atoms with E-state index in [9.17, 15) is 4.79 Å². The lowest BCUT2D eigenvalue weighted by Crippen LogP contribution is -2.39. The van der Waals surface area contributed by atoms with Crippen LogP contribution < -0.4 is 5.32 Å². The third-order valence-electron chi connectivity index (χ3n) is 2.73. The molecule has 0 atom stereocenters. The molecule has 0 aromatic heterocycles. The largest absolute Gasteiger partial charge is 0.381 e. The molecule has 0 unspecified atom stereocenters. The molecule has 17 heavy (non-hydrogen) atoms. The van der Waals surface area contributed by atoms with Gasteiger partial charge in [-0.15, -0.1) is 0 Å². The fraction of sp³-hybridized carbons (Fsp3) is 0.417. The standard InChI is InChI=1S/C12H13Br2NO2/c13-8-1-2-11(14)10(7-8)12(16)15-9-3-5-17-6-4-9/h1-2,7,9H,3-6H2,(H,15,16). The van der Waals surface area contributed by atoms with E-state index in [4.69, 9.17) is 4.74 Å². The second-order valence-electron chi connectivity index (χ2n) is 3.98. The number of nitrogens with one attached hydrogen (secondary N) is 1. The molecular formula is C12H13Br2NO2. The lowest BCUT2D eigenvalue weighted by atomic mass is 10.1. The number of carbonyl (C=O) groups is 1. The minimum Gasteiger partial charge on any atom is -0.381 e. The predicted molar refractivity (Wildman–Crippen MR) is 73.1 cm³/mol. The number of benzene rings is 1. The zero-order valence-electron chi connectivity index (χ0n) is 9.21. The van der Waals surface area contributed by atoms with Gasteiger partial charge in [-0.25, -0.2) is 0 Å². The van der Waals surface area contributed by atoms with E-state index in [0.717, 1.165) is 35.0 Å². The molecule has 0 radical (unpaired) electrons. The smallest absolute Gasteiger partial charge is 0.252 e. The molecule has 1 heterocycles. The predicted octanol–water partition coefficient (Wildman–Crippen LogP) is 3.12. The van der Waals surface area contributed by atoms with Crippen molar-refractivity contribution in [3.8, 4) is 0 Å². The van der Waals surface area contributed by atoms with Gasteiger partial charge in [-0.2, -0.15) is 0 Å². The van der Waals surface area contributed by atoms with Crippen LogP contribution in [-0.2, 0) is 4.74 Å². The summed E-state index contributed by atoms with van der Waals surface area (Å²) < 4.78 is 6.97. The van der Waals surface area contributed by atoms with Crippen LogP contribution in [0.1, 0.15) is 23.2 Å². The Kier molecular flexibility index (Phi) is 4.59. The maximum absolute atomic E-state index is 12.1. The maximum atomic E-state index is 12.1. The van der Waals surface area contributed by atoms with E-state index in [1.165, 1.54) is 0 Å². The van der Waals surface area contributed by atoms with Crippen molar-refractivity contribution in [3.05, 3.63) is 32.7 Å². The molecular weight excluding hydrogens is 350 g/mol. The molecule has 1 aromatic rings. The Morgan fingerprint density at radius 2 is 2.00 bits per heavy atom. The highest BCUT2D eigenvalue weighted by Gasteiger charge is 2.18. The van der Waals surface area contributed by atoms with E-state index in [-0.39, 0.29) is 11.9 Å². The maximum Gasteiger partial charge on any atom is 0.252 e. The first kappa shape index (κ1) is 13.1. The van der Waals surface area contributed by atoms with Crippen LogP contribution in [-0.4, -0.2) is 25.2 Å². The van der Waals surface area contributed by atoms with Gasteiger partial charge >= 0.3 is 0 Å². The highest BCUT2D eigenvalue weighted by Crippen LogP contribution is 2.22. The summed E-state index contributed by atoms with van der Waals surface area (Å²) in [5.74, 6) is -0.0370. The van der Waals surface area contributed by atoms with Crippen molar-refractivity contribution in [1.29, 1.82) is 0 Å². The minimum absolute atomic E-state index is 0.0370. The summed E-state index contributed by atoms with van der Waals surface area (Å²) in [7, 11) is 0. The summed E-state index contributed by atoms with van der Waals surface area (Å²) in [6.45, 7) is 1.45. The first-order valence-electron chi connectivity index (χ1n) is 5.50. The highest BCUT2D eigenvalue weighted by atomic mass is 79.9. The molecule has 1 aliphatic heterocycles. The molecule has 3 nitrogen and oxygen atoms in total. The summed E-state index contributed by atoms with van der Waals surface area (Å²) in [6.07, 6.45) is 1.77. The third-order valence-corrected chi connectivity index (χ3v) is 3.91. The van der Waals surface area contributed by atoms with Gasteiger partial charge in [0.1, 0.15) is 0 Å². The second-order valence-corrected chi connectivity index (χ2v) is 5.75. The molecule has 92 valence electrons. The van der Waals surface area contributed by atoms with Gasteiger partial charge in [0.05, 0.1) is 5.56 Å². The summed E-state index contributed by atoms with van der Waals surface area (Å²) >= 11 is 6.76. The van der Waals surface area contributed by atoms with Crippen molar-refractivity contribution in [2.75, 3.05) is 13.2 Å². The second kappa shape index (κ2) is 5.98. The number of rotatable bonds is 2. The average molecular weight is 363 g/mol. The van der Waals surface area contributed by atoms with E-state index in [1.54, 1.807) is 0 Å². The van der Waals surface area contributed by atoms with E-state index in [1.807, 2.05) is 18.2 Å². The Labute approximate surface area is 117 Å². The van der Waals surface area contributed by atoms with Crippen molar-refractivity contribution in [1.82, 2.24) is 5.32 Å². The van der Waals surface area contributed by atoms with Crippen molar-refractivity contribution >= 4 is 37.8 Å². The van der Waals surface area contributed by atoms with Crippen molar-refractivity contribution in [3.63, 3.8) is 0 Å². The summed E-state index contributed by atoms with van der Waals surface area (Å²) in [5.41, 5.74) is 0.658. The first-order valence-corrected chi connectivity index (χ1v) is 7.09. The molecule has 2 rings (SSSR count). The lowest BCUT2D eigenvalue weighted by molar-refractivity contribution is 0.0696. The number of hydrogen-bond donors (Lipinski definition) is 1. The van der Waals surface area contributed by atoms with Gasteiger partial charge in [0, 0.05) is 28.2 Å². The van der Waals surface area contributed by atoms with Gasteiger partial charge in [0.25, 0.3) is 5.91 Å². The van der Waals surface area contributed by atoms with Crippen molar-refractivity contribution in [2.24, 2.45) is 0 Å². The molecule has 1 amide bonds. The monoisotopic (exact) mass is 361 g/mol. The fourth-order valence-electron chi connectivity index (χ4n) is 1.78. The van der Waals surface area contributed by atoms with Crippen molar-refractivity contribution < 1.29 is 9.53 Å². The van der Waals surface area contributed by atoms with Crippen LogP contribution in [0.3, 0.4) is 0 Å². The molecule has 0 saturated carbocycles. The van der Waals surface area contributed by atoms with Gasteiger partial charge in [0.15, 0.2) is 0 Å². The highest BCUT2D eigenvalue weighted by molar-refractivity contribution is 9.11. The van der Waals surface area contributed by atoms with Crippen LogP contribution in [0.2, 0.25) is 0 Å². The van der Waals surface area contributed by atoms with E-state index in [2.05, 4.69) is 37.2 Å². The minimum atomic E-state index is -0.0370. The summed E-state index contributed by atoms with van der Waals surface area (Å²) in [6, 6.07) is 5.80. The van der Waals surface area contributed by atoms with E-state index >= 15 is 0 Å². The third kappa shape index (κ3) is 3.53. The first-order chi connectivity index (χ1) is 8.16. The number of amides is 1. The number of carbonyl (C=O) groups excluding carboxylic acids is 1.